The largest absolute Gasteiger partial charge is 0.418 e. The number of alkyl halides is 3. The smallest absolute Gasteiger partial charge is 0.166 e. The third-order valence-electron chi connectivity index (χ3n) is 1.28. The number of benzene rings is 1. The second-order valence-corrected chi connectivity index (χ2v) is 3.02. The van der Waals surface area contributed by atoms with Crippen molar-refractivity contribution in [2.24, 2.45) is 0 Å². The van der Waals surface area contributed by atoms with Crippen LogP contribution in [0.3, 0.4) is 0 Å². The third-order valence-corrected chi connectivity index (χ3v) is 1.96. The van der Waals surface area contributed by atoms with Crippen LogP contribution in [0.1, 0.15) is 5.56 Å². The molecule has 5 heteroatoms. The predicted molar refractivity (Wildman–Crippen MR) is 43.7 cm³/mol. The summed E-state index contributed by atoms with van der Waals surface area (Å²) in [7, 11) is 0. The summed E-state index contributed by atoms with van der Waals surface area (Å²) in [5.74, 6) is 0. The van der Waals surface area contributed by atoms with Gasteiger partial charge in [-0.3, -0.25) is 0 Å². The highest BCUT2D eigenvalue weighted by atomic mass is 35.5. The van der Waals surface area contributed by atoms with Gasteiger partial charge in [0.05, 0.1) is 10.6 Å². The van der Waals surface area contributed by atoms with Crippen molar-refractivity contribution in [2.45, 2.75) is 11.1 Å². The molecule has 0 aliphatic carbocycles. The van der Waals surface area contributed by atoms with Gasteiger partial charge in [0.1, 0.15) is 0 Å². The van der Waals surface area contributed by atoms with E-state index in [9.17, 15) is 13.2 Å². The van der Waals surface area contributed by atoms with Gasteiger partial charge in [-0.2, -0.15) is 13.2 Å². The third kappa shape index (κ3) is 1.87. The molecule has 0 aliphatic rings. The molecule has 12 heavy (non-hydrogen) atoms. The molecular formula is C7H4ClF3S. The maximum Gasteiger partial charge on any atom is 0.418 e. The van der Waals surface area contributed by atoms with Crippen molar-refractivity contribution in [2.75, 3.05) is 0 Å². The number of halogens is 4. The lowest BCUT2D eigenvalue weighted by Crippen LogP contribution is -2.06. The fourth-order valence-corrected chi connectivity index (χ4v) is 1.47. The molecule has 0 fully saturated rings. The summed E-state index contributed by atoms with van der Waals surface area (Å²) < 4.78 is 36.5. The molecule has 0 bridgehead atoms. The first-order valence-electron chi connectivity index (χ1n) is 2.97. The van der Waals surface area contributed by atoms with E-state index in [1.165, 1.54) is 18.2 Å². The highest BCUT2D eigenvalue weighted by Crippen LogP contribution is 2.38. The summed E-state index contributed by atoms with van der Waals surface area (Å²) in [5.41, 5.74) is -0.880. The van der Waals surface area contributed by atoms with Crippen LogP contribution in [0.4, 0.5) is 13.2 Å². The molecule has 0 radical (unpaired) electrons. The molecule has 0 saturated carbocycles. The highest BCUT2D eigenvalue weighted by Gasteiger charge is 2.34. The van der Waals surface area contributed by atoms with Crippen LogP contribution in [0.2, 0.25) is 5.02 Å². The molecule has 0 spiro atoms. The quantitative estimate of drug-likeness (QED) is 0.624. The van der Waals surface area contributed by atoms with E-state index in [-0.39, 0.29) is 9.92 Å². The van der Waals surface area contributed by atoms with Gasteiger partial charge in [-0.05, 0) is 12.1 Å². The van der Waals surface area contributed by atoms with Crippen LogP contribution in [-0.2, 0) is 6.18 Å². The average molecular weight is 213 g/mol. The Kier molecular flexibility index (Phi) is 2.58. The van der Waals surface area contributed by atoms with E-state index in [4.69, 9.17) is 11.6 Å². The van der Waals surface area contributed by atoms with Gasteiger partial charge in [0.15, 0.2) is 0 Å². The molecule has 0 atom stereocenters. The molecule has 1 rings (SSSR count). The van der Waals surface area contributed by atoms with Gasteiger partial charge in [-0.15, -0.1) is 12.6 Å². The lowest BCUT2D eigenvalue weighted by molar-refractivity contribution is -0.139. The van der Waals surface area contributed by atoms with Gasteiger partial charge in [0.25, 0.3) is 0 Å². The fourth-order valence-electron chi connectivity index (χ4n) is 0.793. The molecule has 0 nitrogen and oxygen atoms in total. The lowest BCUT2D eigenvalue weighted by Gasteiger charge is -2.10. The maximum atomic E-state index is 12.2. The molecule has 0 unspecified atom stereocenters. The summed E-state index contributed by atoms with van der Waals surface area (Å²) in [4.78, 5) is -0.157. The second-order valence-electron chi connectivity index (χ2n) is 2.13. The summed E-state index contributed by atoms with van der Waals surface area (Å²) in [6.45, 7) is 0. The maximum absolute atomic E-state index is 12.2. The first kappa shape index (κ1) is 9.74. The highest BCUT2D eigenvalue weighted by molar-refractivity contribution is 7.80. The molecule has 0 heterocycles. The number of thiol groups is 1. The minimum Gasteiger partial charge on any atom is -0.166 e. The Morgan fingerprint density at radius 3 is 2.17 bits per heavy atom. The van der Waals surface area contributed by atoms with E-state index in [0.717, 1.165) is 0 Å². The van der Waals surface area contributed by atoms with E-state index in [0.29, 0.717) is 0 Å². The molecular weight excluding hydrogens is 209 g/mol. The lowest BCUT2D eigenvalue weighted by atomic mass is 10.2. The van der Waals surface area contributed by atoms with Gasteiger partial charge in [-0.25, -0.2) is 0 Å². The normalized spacial score (nSPS) is 11.8. The average Bonchev–Trinajstić information content (AvgIpc) is 1.82. The number of hydrogen-bond acceptors (Lipinski definition) is 1. The Morgan fingerprint density at radius 2 is 1.83 bits per heavy atom. The van der Waals surface area contributed by atoms with Crippen LogP contribution in [0.15, 0.2) is 23.1 Å². The van der Waals surface area contributed by atoms with Crippen molar-refractivity contribution in [3.05, 3.63) is 28.8 Å². The minimum absolute atomic E-state index is 0.157. The number of hydrogen-bond donors (Lipinski definition) is 1. The SMILES string of the molecule is FC(F)(F)c1c(S)cccc1Cl. The summed E-state index contributed by atoms with van der Waals surface area (Å²) >= 11 is 9.00. The van der Waals surface area contributed by atoms with Gasteiger partial charge >= 0.3 is 6.18 Å². The van der Waals surface area contributed by atoms with E-state index >= 15 is 0 Å². The Morgan fingerprint density at radius 1 is 1.25 bits per heavy atom. The minimum atomic E-state index is -4.44. The van der Waals surface area contributed by atoms with Crippen LogP contribution in [-0.4, -0.2) is 0 Å². The second kappa shape index (κ2) is 3.18. The van der Waals surface area contributed by atoms with Crippen LogP contribution in [0.5, 0.6) is 0 Å². The van der Waals surface area contributed by atoms with E-state index in [1.54, 1.807) is 0 Å². The number of rotatable bonds is 0. The van der Waals surface area contributed by atoms with Crippen LogP contribution in [0.25, 0.3) is 0 Å². The van der Waals surface area contributed by atoms with Crippen molar-refractivity contribution in [1.82, 2.24) is 0 Å². The first-order valence-corrected chi connectivity index (χ1v) is 3.80. The summed E-state index contributed by atoms with van der Waals surface area (Å²) in [6, 6.07) is 3.85. The molecule has 0 aromatic heterocycles. The molecule has 0 amide bonds. The van der Waals surface area contributed by atoms with E-state index in [2.05, 4.69) is 12.6 Å². The van der Waals surface area contributed by atoms with Gasteiger partial charge in [0, 0.05) is 4.90 Å². The summed E-state index contributed by atoms with van der Waals surface area (Å²) in [6.07, 6.45) is -4.44. The van der Waals surface area contributed by atoms with E-state index in [1.807, 2.05) is 0 Å². The zero-order valence-electron chi connectivity index (χ0n) is 5.69. The topological polar surface area (TPSA) is 0 Å². The van der Waals surface area contributed by atoms with Crippen molar-refractivity contribution in [1.29, 1.82) is 0 Å². The Hall–Kier alpha value is -0.350. The zero-order valence-corrected chi connectivity index (χ0v) is 7.34. The Balaban J connectivity index is 3.31. The molecule has 66 valence electrons. The zero-order chi connectivity index (χ0) is 9.35. The molecule has 1 aromatic rings. The van der Waals surface area contributed by atoms with Crippen molar-refractivity contribution in [3.8, 4) is 0 Å². The van der Waals surface area contributed by atoms with Crippen molar-refractivity contribution < 1.29 is 13.2 Å². The molecule has 0 saturated heterocycles. The van der Waals surface area contributed by atoms with Crippen molar-refractivity contribution >= 4 is 24.2 Å². The van der Waals surface area contributed by atoms with Crippen LogP contribution in [0, 0.1) is 0 Å². The Labute approximate surface area is 77.8 Å². The fraction of sp³-hybridized carbons (Fsp3) is 0.143. The Bertz CT molecular complexity index is 275. The van der Waals surface area contributed by atoms with Gasteiger partial charge in [-0.1, -0.05) is 17.7 Å². The van der Waals surface area contributed by atoms with Crippen LogP contribution >= 0.6 is 24.2 Å². The first-order chi connectivity index (χ1) is 5.43. The molecule has 1 aromatic carbocycles. The summed E-state index contributed by atoms with van der Waals surface area (Å²) in [5, 5.41) is -0.324. The monoisotopic (exact) mass is 212 g/mol. The standard InChI is InChI=1S/C7H4ClF3S/c8-4-2-1-3-5(12)6(4)7(9,10)11/h1-3,12H. The van der Waals surface area contributed by atoms with Crippen LogP contribution < -0.4 is 0 Å². The molecule has 0 aliphatic heterocycles. The van der Waals surface area contributed by atoms with Gasteiger partial charge < -0.3 is 0 Å². The van der Waals surface area contributed by atoms with E-state index < -0.39 is 11.7 Å². The molecule has 0 N–H and O–H groups in total. The van der Waals surface area contributed by atoms with Gasteiger partial charge in [0.2, 0.25) is 0 Å². The predicted octanol–water partition coefficient (Wildman–Crippen LogP) is 3.65. The van der Waals surface area contributed by atoms with Crippen molar-refractivity contribution in [3.63, 3.8) is 0 Å².